The normalized spacial score (nSPS) is 18.8. The number of likely N-dealkylation sites (tertiary alicyclic amines) is 1. The first-order valence-electron chi connectivity index (χ1n) is 10.3. The third-order valence-electron chi connectivity index (χ3n) is 5.63. The van der Waals surface area contributed by atoms with Crippen LogP contribution in [0.2, 0.25) is 0 Å². The van der Waals surface area contributed by atoms with Crippen LogP contribution in [0.15, 0.2) is 24.3 Å². The van der Waals surface area contributed by atoms with Crippen LogP contribution in [0.5, 0.6) is 0 Å². The fourth-order valence-corrected chi connectivity index (χ4v) is 3.79. The number of nitrogens with zero attached hydrogens (tertiary/aromatic N) is 3. The van der Waals surface area contributed by atoms with Crippen LogP contribution < -0.4 is 0 Å². The van der Waals surface area contributed by atoms with Crippen molar-refractivity contribution in [2.75, 3.05) is 39.3 Å². The lowest BCUT2D eigenvalue weighted by Gasteiger charge is -2.36. The van der Waals surface area contributed by atoms with Crippen LogP contribution in [0.4, 0.5) is 13.2 Å². The molecule has 3 amide bonds. The van der Waals surface area contributed by atoms with Gasteiger partial charge in [-0.1, -0.05) is 12.8 Å². The zero-order valence-corrected chi connectivity index (χ0v) is 16.8. The van der Waals surface area contributed by atoms with Crippen LogP contribution in [0.3, 0.4) is 0 Å². The molecule has 0 radical (unpaired) electrons. The zero-order chi connectivity index (χ0) is 21.7. The summed E-state index contributed by atoms with van der Waals surface area (Å²) in [5.74, 6) is -0.473. The van der Waals surface area contributed by atoms with E-state index in [9.17, 15) is 27.6 Å². The Labute approximate surface area is 173 Å². The van der Waals surface area contributed by atoms with Gasteiger partial charge < -0.3 is 14.7 Å². The van der Waals surface area contributed by atoms with Crippen LogP contribution in [-0.4, -0.2) is 71.7 Å². The van der Waals surface area contributed by atoms with Crippen molar-refractivity contribution in [1.29, 1.82) is 0 Å². The first kappa shape index (κ1) is 22.1. The molecule has 9 heteroatoms. The number of rotatable bonds is 3. The molecule has 2 heterocycles. The Morgan fingerprint density at radius 2 is 1.43 bits per heavy atom. The molecule has 0 N–H and O–H groups in total. The summed E-state index contributed by atoms with van der Waals surface area (Å²) in [6.07, 6.45) is -0.113. The minimum Gasteiger partial charge on any atom is -0.338 e. The lowest BCUT2D eigenvalue weighted by molar-refractivity contribution is -0.141. The fraction of sp³-hybridized carbons (Fsp3) is 0.571. The van der Waals surface area contributed by atoms with Crippen LogP contribution in [0.25, 0.3) is 0 Å². The Morgan fingerprint density at radius 1 is 0.833 bits per heavy atom. The van der Waals surface area contributed by atoms with Crippen molar-refractivity contribution in [1.82, 2.24) is 14.7 Å². The smallest absolute Gasteiger partial charge is 0.338 e. The summed E-state index contributed by atoms with van der Waals surface area (Å²) in [6.45, 7) is 1.95. The highest BCUT2D eigenvalue weighted by atomic mass is 19.4. The topological polar surface area (TPSA) is 60.9 Å². The molecule has 2 aliphatic heterocycles. The number of halogens is 3. The van der Waals surface area contributed by atoms with Crippen molar-refractivity contribution in [2.24, 2.45) is 0 Å². The number of carbonyl (C=O) groups excluding carboxylic acids is 3. The van der Waals surface area contributed by atoms with E-state index in [4.69, 9.17) is 0 Å². The van der Waals surface area contributed by atoms with Crippen LogP contribution in [-0.2, 0) is 15.8 Å². The molecule has 0 atom stereocenters. The number of amides is 3. The average molecular weight is 425 g/mol. The van der Waals surface area contributed by atoms with Crippen molar-refractivity contribution < 1.29 is 27.6 Å². The molecule has 0 bridgehead atoms. The number of piperazine rings is 1. The molecule has 1 aromatic rings. The number of hydrogen-bond acceptors (Lipinski definition) is 3. The van der Waals surface area contributed by atoms with Crippen LogP contribution in [0.1, 0.15) is 48.0 Å². The van der Waals surface area contributed by atoms with E-state index in [1.54, 1.807) is 9.80 Å². The maximum absolute atomic E-state index is 12.7. The maximum atomic E-state index is 12.7. The first-order valence-corrected chi connectivity index (χ1v) is 10.3. The second-order valence-corrected chi connectivity index (χ2v) is 7.73. The lowest BCUT2D eigenvalue weighted by Crippen LogP contribution is -2.53. The van der Waals surface area contributed by atoms with E-state index < -0.39 is 11.7 Å². The summed E-state index contributed by atoms with van der Waals surface area (Å²) in [5.41, 5.74) is -0.609. The highest BCUT2D eigenvalue weighted by Gasteiger charge is 2.31. The molecule has 0 saturated carbocycles. The molecule has 3 rings (SSSR count). The zero-order valence-electron chi connectivity index (χ0n) is 16.8. The Balaban J connectivity index is 1.51. The van der Waals surface area contributed by atoms with E-state index >= 15 is 0 Å². The molecule has 164 valence electrons. The molecule has 0 aliphatic carbocycles. The van der Waals surface area contributed by atoms with Gasteiger partial charge >= 0.3 is 6.18 Å². The second-order valence-electron chi connectivity index (χ2n) is 7.73. The molecule has 30 heavy (non-hydrogen) atoms. The van der Waals surface area contributed by atoms with E-state index in [-0.39, 0.29) is 29.8 Å². The van der Waals surface area contributed by atoms with Crippen molar-refractivity contribution in [2.45, 2.75) is 38.3 Å². The third-order valence-corrected chi connectivity index (χ3v) is 5.63. The van der Waals surface area contributed by atoms with Gasteiger partial charge in [0.1, 0.15) is 0 Å². The van der Waals surface area contributed by atoms with Gasteiger partial charge in [-0.15, -0.1) is 0 Å². The summed E-state index contributed by atoms with van der Waals surface area (Å²) in [7, 11) is 0. The van der Waals surface area contributed by atoms with E-state index in [2.05, 4.69) is 0 Å². The summed E-state index contributed by atoms with van der Waals surface area (Å²) < 4.78 is 38.0. The first-order chi connectivity index (χ1) is 14.3. The molecule has 1 aromatic carbocycles. The van der Waals surface area contributed by atoms with Gasteiger partial charge in [0.05, 0.1) is 12.1 Å². The van der Waals surface area contributed by atoms with Crippen LogP contribution >= 0.6 is 0 Å². The summed E-state index contributed by atoms with van der Waals surface area (Å²) in [6, 6.07) is 4.15. The number of benzene rings is 1. The maximum Gasteiger partial charge on any atom is 0.416 e. The quantitative estimate of drug-likeness (QED) is 0.748. The average Bonchev–Trinajstić information content (AvgIpc) is 2.72. The lowest BCUT2D eigenvalue weighted by atomic mass is 10.1. The van der Waals surface area contributed by atoms with Gasteiger partial charge in [0.2, 0.25) is 11.8 Å². The molecule has 0 unspecified atom stereocenters. The Morgan fingerprint density at radius 3 is 2.07 bits per heavy atom. The molecular formula is C21H26F3N3O3. The van der Waals surface area contributed by atoms with E-state index in [0.29, 0.717) is 39.1 Å². The Kier molecular flexibility index (Phi) is 6.99. The second kappa shape index (κ2) is 9.49. The largest absolute Gasteiger partial charge is 0.416 e. The summed E-state index contributed by atoms with van der Waals surface area (Å²) in [4.78, 5) is 42.2. The van der Waals surface area contributed by atoms with E-state index in [0.717, 1.165) is 37.8 Å². The molecule has 0 aromatic heterocycles. The Hall–Kier alpha value is -2.58. The highest BCUT2D eigenvalue weighted by molar-refractivity contribution is 5.94. The summed E-state index contributed by atoms with van der Waals surface area (Å²) >= 11 is 0. The van der Waals surface area contributed by atoms with Gasteiger partial charge in [0.25, 0.3) is 5.91 Å². The van der Waals surface area contributed by atoms with Gasteiger partial charge in [-0.25, -0.2) is 0 Å². The van der Waals surface area contributed by atoms with Gasteiger partial charge in [-0.05, 0) is 37.1 Å². The van der Waals surface area contributed by atoms with Gasteiger partial charge in [0, 0.05) is 44.7 Å². The van der Waals surface area contributed by atoms with Crippen molar-refractivity contribution in [3.8, 4) is 0 Å². The fourth-order valence-electron chi connectivity index (χ4n) is 3.79. The van der Waals surface area contributed by atoms with Crippen molar-refractivity contribution in [3.05, 3.63) is 35.4 Å². The monoisotopic (exact) mass is 425 g/mol. The molecular weight excluding hydrogens is 399 g/mol. The standard InChI is InChI=1S/C21H26F3N3O3/c22-21(23,24)17-8-6-16(7-9-17)20(30)26-13-11-25(12-14-26)19(29)15-27-10-4-2-1-3-5-18(27)28/h6-9H,1-5,10-15H2. The number of carbonyl (C=O) groups is 3. The molecule has 2 fully saturated rings. The van der Waals surface area contributed by atoms with Crippen molar-refractivity contribution >= 4 is 17.7 Å². The number of hydrogen-bond donors (Lipinski definition) is 0. The molecule has 2 aliphatic rings. The minimum absolute atomic E-state index is 0.0131. The Bertz CT molecular complexity index is 772. The predicted octanol–water partition coefficient (Wildman–Crippen LogP) is 2.78. The third kappa shape index (κ3) is 5.52. The van der Waals surface area contributed by atoms with E-state index in [1.165, 1.54) is 17.0 Å². The minimum atomic E-state index is -4.44. The SMILES string of the molecule is O=C(CN1CCCCCCC1=O)N1CCN(C(=O)c2ccc(C(F)(F)F)cc2)CC1. The summed E-state index contributed by atoms with van der Waals surface area (Å²) in [5, 5.41) is 0. The van der Waals surface area contributed by atoms with Gasteiger partial charge in [0.15, 0.2) is 0 Å². The molecule has 0 spiro atoms. The van der Waals surface area contributed by atoms with E-state index in [1.807, 2.05) is 0 Å². The number of alkyl halides is 3. The van der Waals surface area contributed by atoms with Crippen LogP contribution in [0, 0.1) is 0 Å². The van der Waals surface area contributed by atoms with Gasteiger partial charge in [-0.3, -0.25) is 14.4 Å². The molecule has 2 saturated heterocycles. The highest BCUT2D eigenvalue weighted by Crippen LogP contribution is 2.29. The predicted molar refractivity (Wildman–Crippen MR) is 104 cm³/mol. The van der Waals surface area contributed by atoms with Crippen molar-refractivity contribution in [3.63, 3.8) is 0 Å². The molecule has 6 nitrogen and oxygen atoms in total. The van der Waals surface area contributed by atoms with Gasteiger partial charge in [-0.2, -0.15) is 13.2 Å².